The van der Waals surface area contributed by atoms with E-state index in [2.05, 4.69) is 36.5 Å². The number of ether oxygens (including phenoxy) is 3. The maximum atomic E-state index is 5.88. The fourth-order valence-electron chi connectivity index (χ4n) is 2.10. The molecule has 0 fully saturated rings. The molecular weight excluding hydrogens is 254 g/mol. The zero-order valence-corrected chi connectivity index (χ0v) is 12.8. The van der Waals surface area contributed by atoms with Crippen LogP contribution >= 0.6 is 0 Å². The van der Waals surface area contributed by atoms with Crippen molar-refractivity contribution in [3.05, 3.63) is 35.9 Å². The molecule has 1 aromatic rings. The molecule has 1 rings (SSSR count). The maximum absolute atomic E-state index is 5.88. The molecule has 0 amide bonds. The Hall–Kier alpha value is -0.940. The van der Waals surface area contributed by atoms with Gasteiger partial charge < -0.3 is 19.5 Å². The fourth-order valence-corrected chi connectivity index (χ4v) is 2.10. The van der Waals surface area contributed by atoms with Gasteiger partial charge in [-0.15, -0.1) is 0 Å². The summed E-state index contributed by atoms with van der Waals surface area (Å²) in [6, 6.07) is 10.6. The molecule has 114 valence electrons. The third-order valence-electron chi connectivity index (χ3n) is 3.18. The Kier molecular flexibility index (Phi) is 9.24. The van der Waals surface area contributed by atoms with Crippen molar-refractivity contribution >= 4 is 0 Å². The molecule has 20 heavy (non-hydrogen) atoms. The van der Waals surface area contributed by atoms with Gasteiger partial charge in [-0.1, -0.05) is 30.3 Å². The Bertz CT molecular complexity index is 332. The van der Waals surface area contributed by atoms with Crippen LogP contribution in [0.15, 0.2) is 30.3 Å². The standard InChI is InChI=1S/C16H27NO3/c1-14(20-11-7-10-19-13-12-18-3)16(17-2)15-8-5-4-6-9-15/h4-6,8-9,14,16-17H,7,10-13H2,1-3H3. The van der Waals surface area contributed by atoms with Gasteiger partial charge in [0.2, 0.25) is 0 Å². The van der Waals surface area contributed by atoms with Gasteiger partial charge in [0.15, 0.2) is 0 Å². The fraction of sp³-hybridized carbons (Fsp3) is 0.625. The molecule has 0 bridgehead atoms. The van der Waals surface area contributed by atoms with Crippen LogP contribution in [0.25, 0.3) is 0 Å². The Labute approximate surface area is 122 Å². The monoisotopic (exact) mass is 281 g/mol. The maximum Gasteiger partial charge on any atom is 0.0741 e. The average Bonchev–Trinajstić information content (AvgIpc) is 2.48. The van der Waals surface area contributed by atoms with E-state index >= 15 is 0 Å². The molecule has 0 saturated heterocycles. The van der Waals surface area contributed by atoms with E-state index in [1.165, 1.54) is 5.56 Å². The summed E-state index contributed by atoms with van der Waals surface area (Å²) in [5, 5.41) is 3.31. The van der Waals surface area contributed by atoms with Gasteiger partial charge in [-0.05, 0) is 26.0 Å². The first kappa shape index (κ1) is 17.1. The summed E-state index contributed by atoms with van der Waals surface area (Å²) < 4.78 is 16.2. The van der Waals surface area contributed by atoms with Crippen molar-refractivity contribution in [1.29, 1.82) is 0 Å². The number of hydrogen-bond acceptors (Lipinski definition) is 4. The Balaban J connectivity index is 2.22. The van der Waals surface area contributed by atoms with Gasteiger partial charge >= 0.3 is 0 Å². The van der Waals surface area contributed by atoms with Gasteiger partial charge in [0.1, 0.15) is 0 Å². The van der Waals surface area contributed by atoms with Crippen molar-refractivity contribution in [2.75, 3.05) is 40.6 Å². The molecule has 0 aromatic heterocycles. The summed E-state index contributed by atoms with van der Waals surface area (Å²) in [6.45, 7) is 4.81. The molecule has 0 aliphatic carbocycles. The first-order valence-corrected chi connectivity index (χ1v) is 7.20. The molecule has 0 radical (unpaired) electrons. The first-order valence-electron chi connectivity index (χ1n) is 7.20. The van der Waals surface area contributed by atoms with Crippen molar-refractivity contribution in [2.45, 2.75) is 25.5 Å². The van der Waals surface area contributed by atoms with Crippen LogP contribution in [0, 0.1) is 0 Å². The second kappa shape index (κ2) is 10.8. The van der Waals surface area contributed by atoms with Crippen molar-refractivity contribution in [3.8, 4) is 0 Å². The molecule has 1 N–H and O–H groups in total. The van der Waals surface area contributed by atoms with Crippen LogP contribution in [-0.4, -0.2) is 46.7 Å². The topological polar surface area (TPSA) is 39.7 Å². The molecule has 4 heteroatoms. The highest BCUT2D eigenvalue weighted by Crippen LogP contribution is 2.18. The highest BCUT2D eigenvalue weighted by atomic mass is 16.5. The van der Waals surface area contributed by atoms with Crippen molar-refractivity contribution < 1.29 is 14.2 Å². The molecule has 2 atom stereocenters. The van der Waals surface area contributed by atoms with Crippen LogP contribution < -0.4 is 5.32 Å². The van der Waals surface area contributed by atoms with Crippen LogP contribution in [0.1, 0.15) is 24.9 Å². The van der Waals surface area contributed by atoms with Gasteiger partial charge in [0.05, 0.1) is 25.4 Å². The first-order chi connectivity index (χ1) is 9.79. The summed E-state index contributed by atoms with van der Waals surface area (Å²) in [5.41, 5.74) is 1.25. The number of methoxy groups -OCH3 is 1. The quantitative estimate of drug-likeness (QED) is 0.632. The van der Waals surface area contributed by atoms with E-state index in [0.29, 0.717) is 26.4 Å². The molecule has 1 aromatic carbocycles. The number of benzene rings is 1. The van der Waals surface area contributed by atoms with E-state index in [0.717, 1.165) is 6.42 Å². The zero-order chi connectivity index (χ0) is 14.6. The van der Waals surface area contributed by atoms with Gasteiger partial charge in [-0.25, -0.2) is 0 Å². The van der Waals surface area contributed by atoms with Gasteiger partial charge in [0, 0.05) is 20.3 Å². The van der Waals surface area contributed by atoms with E-state index in [4.69, 9.17) is 14.2 Å². The largest absolute Gasteiger partial charge is 0.382 e. The van der Waals surface area contributed by atoms with Crippen LogP contribution in [-0.2, 0) is 14.2 Å². The lowest BCUT2D eigenvalue weighted by atomic mass is 10.0. The molecular formula is C16H27NO3. The highest BCUT2D eigenvalue weighted by Gasteiger charge is 2.17. The van der Waals surface area contributed by atoms with Crippen LogP contribution in [0.5, 0.6) is 0 Å². The van der Waals surface area contributed by atoms with Crippen molar-refractivity contribution in [1.82, 2.24) is 5.32 Å². The van der Waals surface area contributed by atoms with E-state index in [9.17, 15) is 0 Å². The molecule has 0 spiro atoms. The van der Waals surface area contributed by atoms with E-state index in [1.54, 1.807) is 7.11 Å². The Morgan fingerprint density at radius 2 is 1.80 bits per heavy atom. The molecule has 4 nitrogen and oxygen atoms in total. The summed E-state index contributed by atoms with van der Waals surface area (Å²) in [6.07, 6.45) is 1.03. The summed E-state index contributed by atoms with van der Waals surface area (Å²) in [4.78, 5) is 0. The lowest BCUT2D eigenvalue weighted by Gasteiger charge is -2.24. The Morgan fingerprint density at radius 3 is 2.45 bits per heavy atom. The predicted molar refractivity (Wildman–Crippen MR) is 81.0 cm³/mol. The number of rotatable bonds is 11. The average molecular weight is 281 g/mol. The molecule has 2 unspecified atom stereocenters. The number of likely N-dealkylation sites (N-methyl/N-ethyl adjacent to an activating group) is 1. The van der Waals surface area contributed by atoms with Crippen LogP contribution in [0.4, 0.5) is 0 Å². The minimum atomic E-state index is 0.126. The van der Waals surface area contributed by atoms with Crippen LogP contribution in [0.2, 0.25) is 0 Å². The SMILES string of the molecule is CNC(c1ccccc1)C(C)OCCCOCCOC. The molecule has 0 saturated carbocycles. The smallest absolute Gasteiger partial charge is 0.0741 e. The minimum absolute atomic E-state index is 0.126. The van der Waals surface area contributed by atoms with Gasteiger partial charge in [0.25, 0.3) is 0 Å². The molecule has 0 aliphatic rings. The molecule has 0 aliphatic heterocycles. The summed E-state index contributed by atoms with van der Waals surface area (Å²) in [7, 11) is 3.64. The van der Waals surface area contributed by atoms with Gasteiger partial charge in [-0.3, -0.25) is 0 Å². The minimum Gasteiger partial charge on any atom is -0.382 e. The molecule has 0 heterocycles. The lowest BCUT2D eigenvalue weighted by molar-refractivity contribution is 0.0163. The highest BCUT2D eigenvalue weighted by molar-refractivity contribution is 5.19. The number of hydrogen-bond donors (Lipinski definition) is 1. The van der Waals surface area contributed by atoms with Gasteiger partial charge in [-0.2, -0.15) is 0 Å². The van der Waals surface area contributed by atoms with Crippen molar-refractivity contribution in [2.24, 2.45) is 0 Å². The second-order valence-corrected chi connectivity index (χ2v) is 4.71. The van der Waals surface area contributed by atoms with E-state index in [1.807, 2.05) is 13.1 Å². The summed E-state index contributed by atoms with van der Waals surface area (Å²) >= 11 is 0. The number of nitrogens with one attached hydrogen (secondary N) is 1. The normalized spacial score (nSPS) is 14.2. The third-order valence-corrected chi connectivity index (χ3v) is 3.18. The summed E-state index contributed by atoms with van der Waals surface area (Å²) in [5.74, 6) is 0. The lowest BCUT2D eigenvalue weighted by Crippen LogP contribution is -2.30. The van der Waals surface area contributed by atoms with E-state index in [-0.39, 0.29) is 12.1 Å². The Morgan fingerprint density at radius 1 is 1.05 bits per heavy atom. The van der Waals surface area contributed by atoms with Crippen molar-refractivity contribution in [3.63, 3.8) is 0 Å². The van der Waals surface area contributed by atoms with Crippen LogP contribution in [0.3, 0.4) is 0 Å². The third kappa shape index (κ3) is 6.48. The second-order valence-electron chi connectivity index (χ2n) is 4.71. The van der Waals surface area contributed by atoms with E-state index < -0.39 is 0 Å². The zero-order valence-electron chi connectivity index (χ0n) is 12.8. The predicted octanol–water partition coefficient (Wildman–Crippen LogP) is 2.41.